The van der Waals surface area contributed by atoms with E-state index in [-0.39, 0.29) is 24.0 Å². The molecule has 6 nitrogen and oxygen atoms in total. The van der Waals surface area contributed by atoms with E-state index in [2.05, 4.69) is 10.3 Å². The lowest BCUT2D eigenvalue weighted by Gasteiger charge is -2.24. The lowest BCUT2D eigenvalue weighted by Crippen LogP contribution is -2.28. The summed E-state index contributed by atoms with van der Waals surface area (Å²) >= 11 is 0. The molecule has 2 aromatic heterocycles. The van der Waals surface area contributed by atoms with Crippen molar-refractivity contribution in [1.29, 1.82) is 0 Å². The monoisotopic (exact) mass is 484 g/mol. The SMILES string of the molecule is O=C(CCN(Cc1ccco1)c1nc(-c2ccc(F)cc2)nc2ccccc12)Nc1ccc(F)cc1. The van der Waals surface area contributed by atoms with Crippen LogP contribution in [0.2, 0.25) is 0 Å². The molecule has 1 N–H and O–H groups in total. The Morgan fingerprint density at radius 1 is 0.861 bits per heavy atom. The van der Waals surface area contributed by atoms with Crippen LogP contribution < -0.4 is 10.2 Å². The number of furan rings is 1. The van der Waals surface area contributed by atoms with Gasteiger partial charge in [0.2, 0.25) is 5.91 Å². The fourth-order valence-corrected chi connectivity index (χ4v) is 3.87. The highest BCUT2D eigenvalue weighted by Gasteiger charge is 2.18. The van der Waals surface area contributed by atoms with Crippen molar-refractivity contribution in [3.63, 3.8) is 0 Å². The largest absolute Gasteiger partial charge is 0.467 e. The number of hydrogen-bond acceptors (Lipinski definition) is 5. The van der Waals surface area contributed by atoms with Crippen molar-refractivity contribution in [2.24, 2.45) is 0 Å². The average Bonchev–Trinajstić information content (AvgIpc) is 3.41. The summed E-state index contributed by atoms with van der Waals surface area (Å²) in [4.78, 5) is 24.2. The molecule has 0 atom stereocenters. The number of carbonyl (C=O) groups is 1. The first-order valence-electron chi connectivity index (χ1n) is 11.4. The molecule has 5 aromatic rings. The van der Waals surface area contributed by atoms with Gasteiger partial charge < -0.3 is 14.6 Å². The maximum Gasteiger partial charge on any atom is 0.226 e. The number of fused-ring (bicyclic) bond motifs is 1. The molecule has 0 aliphatic heterocycles. The Kier molecular flexibility index (Phi) is 6.66. The quantitative estimate of drug-likeness (QED) is 0.284. The fraction of sp³-hybridized carbons (Fsp3) is 0.107. The van der Waals surface area contributed by atoms with E-state index >= 15 is 0 Å². The summed E-state index contributed by atoms with van der Waals surface area (Å²) in [7, 11) is 0. The Bertz CT molecular complexity index is 1470. The Hall–Kier alpha value is -4.59. The number of benzene rings is 3. The molecular weight excluding hydrogens is 462 g/mol. The lowest BCUT2D eigenvalue weighted by molar-refractivity contribution is -0.116. The van der Waals surface area contributed by atoms with Crippen molar-refractivity contribution in [2.75, 3.05) is 16.8 Å². The summed E-state index contributed by atoms with van der Waals surface area (Å²) in [5.74, 6) is 0.856. The van der Waals surface area contributed by atoms with Gasteiger partial charge in [0.05, 0.1) is 18.3 Å². The van der Waals surface area contributed by atoms with E-state index < -0.39 is 0 Å². The smallest absolute Gasteiger partial charge is 0.226 e. The summed E-state index contributed by atoms with van der Waals surface area (Å²) in [6, 6.07) is 22.9. The third-order valence-electron chi connectivity index (χ3n) is 5.65. The van der Waals surface area contributed by atoms with Crippen LogP contribution in [0.3, 0.4) is 0 Å². The number of nitrogens with zero attached hydrogens (tertiary/aromatic N) is 3. The second kappa shape index (κ2) is 10.4. The first kappa shape index (κ1) is 23.2. The minimum Gasteiger partial charge on any atom is -0.467 e. The molecule has 36 heavy (non-hydrogen) atoms. The average molecular weight is 485 g/mol. The maximum atomic E-state index is 13.5. The summed E-state index contributed by atoms with van der Waals surface area (Å²) in [5.41, 5.74) is 1.92. The van der Waals surface area contributed by atoms with Crippen LogP contribution in [0.1, 0.15) is 12.2 Å². The number of para-hydroxylation sites is 1. The van der Waals surface area contributed by atoms with Gasteiger partial charge in [-0.1, -0.05) is 12.1 Å². The molecule has 180 valence electrons. The van der Waals surface area contributed by atoms with Gasteiger partial charge in [0.25, 0.3) is 0 Å². The zero-order valence-electron chi connectivity index (χ0n) is 19.2. The summed E-state index contributed by atoms with van der Waals surface area (Å²) in [6.45, 7) is 0.707. The zero-order chi connectivity index (χ0) is 24.9. The molecule has 0 spiro atoms. The number of hydrogen-bond donors (Lipinski definition) is 1. The third kappa shape index (κ3) is 5.38. The standard InChI is InChI=1S/C28H22F2N4O2/c29-20-9-7-19(8-10-20)27-32-25-6-2-1-5-24(25)28(33-27)34(18-23-4-3-17-36-23)16-15-26(35)31-22-13-11-21(30)12-14-22/h1-14,17H,15-16,18H2,(H,31,35). The predicted octanol–water partition coefficient (Wildman–Crippen LogP) is 6.20. The van der Waals surface area contributed by atoms with Crippen molar-refractivity contribution in [1.82, 2.24) is 9.97 Å². The van der Waals surface area contributed by atoms with Crippen molar-refractivity contribution in [3.05, 3.63) is 109 Å². The van der Waals surface area contributed by atoms with Crippen LogP contribution >= 0.6 is 0 Å². The molecule has 0 unspecified atom stereocenters. The Labute approximate surface area is 206 Å². The van der Waals surface area contributed by atoms with Gasteiger partial charge in [0.15, 0.2) is 5.82 Å². The van der Waals surface area contributed by atoms with Crippen LogP contribution in [0.15, 0.2) is 95.6 Å². The summed E-state index contributed by atoms with van der Waals surface area (Å²) in [6.07, 6.45) is 1.75. The van der Waals surface area contributed by atoms with Crippen molar-refractivity contribution in [3.8, 4) is 11.4 Å². The van der Waals surface area contributed by atoms with Gasteiger partial charge in [-0.05, 0) is 72.8 Å². The predicted molar refractivity (Wildman–Crippen MR) is 134 cm³/mol. The van der Waals surface area contributed by atoms with Gasteiger partial charge in [0.1, 0.15) is 23.2 Å². The topological polar surface area (TPSA) is 71.3 Å². The van der Waals surface area contributed by atoms with Gasteiger partial charge in [-0.2, -0.15) is 0 Å². The minimum atomic E-state index is -0.370. The van der Waals surface area contributed by atoms with Crippen LogP contribution in [0, 0.1) is 11.6 Å². The first-order valence-corrected chi connectivity index (χ1v) is 11.4. The molecule has 3 aromatic carbocycles. The number of anilines is 2. The van der Waals surface area contributed by atoms with Crippen LogP contribution in [0.4, 0.5) is 20.3 Å². The van der Waals surface area contributed by atoms with Crippen molar-refractivity contribution < 1.29 is 18.0 Å². The summed E-state index contributed by atoms with van der Waals surface area (Å²) < 4.78 is 32.3. The van der Waals surface area contributed by atoms with Crippen LogP contribution in [-0.2, 0) is 11.3 Å². The van der Waals surface area contributed by atoms with E-state index in [1.807, 2.05) is 35.2 Å². The van der Waals surface area contributed by atoms with Crippen LogP contribution in [-0.4, -0.2) is 22.4 Å². The van der Waals surface area contributed by atoms with E-state index in [4.69, 9.17) is 9.40 Å². The first-order chi connectivity index (χ1) is 17.5. The molecule has 0 saturated heterocycles. The van der Waals surface area contributed by atoms with Gasteiger partial charge in [-0.15, -0.1) is 0 Å². The Morgan fingerprint density at radius 3 is 2.31 bits per heavy atom. The van der Waals surface area contributed by atoms with Crippen molar-refractivity contribution in [2.45, 2.75) is 13.0 Å². The molecule has 8 heteroatoms. The molecule has 0 aliphatic carbocycles. The fourth-order valence-electron chi connectivity index (χ4n) is 3.87. The second-order valence-corrected chi connectivity index (χ2v) is 8.20. The van der Waals surface area contributed by atoms with E-state index in [9.17, 15) is 13.6 Å². The van der Waals surface area contributed by atoms with Gasteiger partial charge in [-0.3, -0.25) is 4.79 Å². The second-order valence-electron chi connectivity index (χ2n) is 8.20. The highest BCUT2D eigenvalue weighted by atomic mass is 19.1. The van der Waals surface area contributed by atoms with E-state index in [0.29, 0.717) is 41.7 Å². The number of carbonyl (C=O) groups excluding carboxylic acids is 1. The normalized spacial score (nSPS) is 10.9. The molecule has 0 aliphatic rings. The highest BCUT2D eigenvalue weighted by Crippen LogP contribution is 2.29. The number of halogens is 2. The number of nitrogens with one attached hydrogen (secondary N) is 1. The summed E-state index contributed by atoms with van der Waals surface area (Å²) in [5, 5.41) is 3.60. The zero-order valence-corrected chi connectivity index (χ0v) is 19.2. The Morgan fingerprint density at radius 2 is 1.58 bits per heavy atom. The molecule has 0 fully saturated rings. The molecular formula is C28H22F2N4O2. The number of amides is 1. The molecule has 0 radical (unpaired) electrons. The Balaban J connectivity index is 1.47. The van der Waals surface area contributed by atoms with Crippen LogP contribution in [0.25, 0.3) is 22.3 Å². The number of aromatic nitrogens is 2. The number of rotatable bonds is 8. The van der Waals surface area contributed by atoms with E-state index in [0.717, 1.165) is 10.9 Å². The van der Waals surface area contributed by atoms with Gasteiger partial charge >= 0.3 is 0 Å². The molecule has 1 amide bonds. The van der Waals surface area contributed by atoms with Gasteiger partial charge in [-0.25, -0.2) is 18.7 Å². The molecule has 0 bridgehead atoms. The van der Waals surface area contributed by atoms with Gasteiger partial charge in [0, 0.05) is 29.6 Å². The highest BCUT2D eigenvalue weighted by molar-refractivity contribution is 5.93. The maximum absolute atomic E-state index is 13.5. The van der Waals surface area contributed by atoms with E-state index in [1.165, 1.54) is 36.4 Å². The van der Waals surface area contributed by atoms with Crippen LogP contribution in [0.5, 0.6) is 0 Å². The third-order valence-corrected chi connectivity index (χ3v) is 5.65. The van der Waals surface area contributed by atoms with E-state index in [1.54, 1.807) is 24.5 Å². The van der Waals surface area contributed by atoms with Crippen molar-refractivity contribution >= 4 is 28.3 Å². The lowest BCUT2D eigenvalue weighted by atomic mass is 10.1. The minimum absolute atomic E-state index is 0.155. The molecule has 5 rings (SSSR count). The molecule has 0 saturated carbocycles. The molecule has 2 heterocycles.